The first-order valence-corrected chi connectivity index (χ1v) is 6.00. The number of benzene rings is 1. The van der Waals surface area contributed by atoms with Gasteiger partial charge in [-0.1, -0.05) is 6.07 Å². The molecule has 0 atom stereocenters. The van der Waals surface area contributed by atoms with E-state index in [0.717, 1.165) is 5.56 Å². The number of hydrogen-bond donors (Lipinski definition) is 1. The quantitative estimate of drug-likeness (QED) is 0.795. The van der Waals surface area contributed by atoms with Gasteiger partial charge < -0.3 is 15.2 Å². The number of anilines is 1. The van der Waals surface area contributed by atoms with Gasteiger partial charge in [-0.05, 0) is 17.7 Å². The molecule has 0 aliphatic rings. The van der Waals surface area contributed by atoms with Crippen LogP contribution in [0.2, 0.25) is 0 Å². The number of aromatic nitrogens is 3. The van der Waals surface area contributed by atoms with Crippen molar-refractivity contribution in [3.63, 3.8) is 0 Å². The molecule has 8 heteroatoms. The third-order valence-corrected chi connectivity index (χ3v) is 2.63. The van der Waals surface area contributed by atoms with Gasteiger partial charge in [-0.2, -0.15) is 5.26 Å². The van der Waals surface area contributed by atoms with Gasteiger partial charge >= 0.3 is 5.97 Å². The lowest BCUT2D eigenvalue weighted by atomic mass is 10.1. The number of nitrogen functional groups attached to an aromatic ring is 1. The molecule has 0 bridgehead atoms. The van der Waals surface area contributed by atoms with Gasteiger partial charge in [-0.3, -0.25) is 4.79 Å². The highest BCUT2D eigenvalue weighted by Gasteiger charge is 2.08. The number of nitriles is 1. The number of nitrogens with two attached hydrogens (primary N) is 1. The van der Waals surface area contributed by atoms with Crippen molar-refractivity contribution in [2.75, 3.05) is 12.8 Å². The van der Waals surface area contributed by atoms with Gasteiger partial charge in [0, 0.05) is 0 Å². The van der Waals surface area contributed by atoms with Gasteiger partial charge in [-0.25, -0.2) is 9.67 Å². The summed E-state index contributed by atoms with van der Waals surface area (Å²) in [5, 5.41) is 12.7. The van der Waals surface area contributed by atoms with Crippen LogP contribution in [0.4, 0.5) is 5.95 Å². The number of rotatable bonds is 5. The summed E-state index contributed by atoms with van der Waals surface area (Å²) in [6.07, 6.45) is 1.35. The number of carbonyl (C=O) groups is 1. The van der Waals surface area contributed by atoms with Gasteiger partial charge in [0.05, 0.1) is 12.7 Å². The number of methoxy groups -OCH3 is 1. The van der Waals surface area contributed by atoms with Crippen LogP contribution in [0.15, 0.2) is 24.5 Å². The second kappa shape index (κ2) is 6.38. The van der Waals surface area contributed by atoms with E-state index >= 15 is 0 Å². The zero-order chi connectivity index (χ0) is 15.2. The van der Waals surface area contributed by atoms with E-state index in [-0.39, 0.29) is 19.1 Å². The SMILES string of the molecule is COc1cc(COC(=O)Cn2cnc(N)n2)ccc1C#N. The van der Waals surface area contributed by atoms with Crippen molar-refractivity contribution in [1.82, 2.24) is 14.8 Å². The Kier molecular flexibility index (Phi) is 4.36. The summed E-state index contributed by atoms with van der Waals surface area (Å²) in [6, 6.07) is 6.97. The molecule has 0 aliphatic heterocycles. The Balaban J connectivity index is 1.93. The predicted molar refractivity (Wildman–Crippen MR) is 71.9 cm³/mol. The van der Waals surface area contributed by atoms with Gasteiger partial charge in [-0.15, -0.1) is 5.10 Å². The maximum Gasteiger partial charge on any atom is 0.328 e. The maximum atomic E-state index is 11.6. The van der Waals surface area contributed by atoms with Crippen molar-refractivity contribution in [3.05, 3.63) is 35.7 Å². The molecule has 0 aliphatic carbocycles. The Bertz CT molecular complexity index is 689. The van der Waals surface area contributed by atoms with Gasteiger partial charge in [0.2, 0.25) is 5.95 Å². The molecule has 0 amide bonds. The molecule has 0 unspecified atom stereocenters. The first-order chi connectivity index (χ1) is 10.1. The van der Waals surface area contributed by atoms with Crippen molar-refractivity contribution in [2.45, 2.75) is 13.2 Å². The third kappa shape index (κ3) is 3.70. The molecule has 0 spiro atoms. The number of hydrogen-bond acceptors (Lipinski definition) is 7. The fourth-order valence-electron chi connectivity index (χ4n) is 1.64. The zero-order valence-electron chi connectivity index (χ0n) is 11.3. The smallest absolute Gasteiger partial charge is 0.328 e. The van der Waals surface area contributed by atoms with Crippen molar-refractivity contribution >= 4 is 11.9 Å². The zero-order valence-corrected chi connectivity index (χ0v) is 11.3. The fraction of sp³-hybridized carbons (Fsp3) is 0.231. The highest BCUT2D eigenvalue weighted by Crippen LogP contribution is 2.19. The van der Waals surface area contributed by atoms with Gasteiger partial charge in [0.1, 0.15) is 31.3 Å². The van der Waals surface area contributed by atoms with E-state index in [4.69, 9.17) is 20.5 Å². The maximum absolute atomic E-state index is 11.6. The number of ether oxygens (including phenoxy) is 2. The largest absolute Gasteiger partial charge is 0.495 e. The molecule has 1 heterocycles. The average molecular weight is 287 g/mol. The van der Waals surface area contributed by atoms with Crippen LogP contribution in [0.5, 0.6) is 5.75 Å². The Morgan fingerprint density at radius 1 is 1.52 bits per heavy atom. The van der Waals surface area contributed by atoms with Crippen LogP contribution in [-0.2, 0) is 22.7 Å². The predicted octanol–water partition coefficient (Wildman–Crippen LogP) is 0.484. The lowest BCUT2D eigenvalue weighted by molar-refractivity contribution is -0.145. The summed E-state index contributed by atoms with van der Waals surface area (Å²) in [5.74, 6) is 0.0675. The molecule has 1 aromatic heterocycles. The van der Waals surface area contributed by atoms with Crippen LogP contribution in [0, 0.1) is 11.3 Å². The molecule has 8 nitrogen and oxygen atoms in total. The standard InChI is InChI=1S/C13H13N5O3/c1-20-11-4-9(2-3-10(11)5-14)7-21-12(19)6-18-8-16-13(15)17-18/h2-4,8H,6-7H2,1H3,(H2,15,17). The second-order valence-corrected chi connectivity index (χ2v) is 4.11. The Morgan fingerprint density at radius 3 is 2.95 bits per heavy atom. The van der Waals surface area contributed by atoms with Crippen molar-refractivity contribution in [3.8, 4) is 11.8 Å². The molecule has 1 aromatic carbocycles. The van der Waals surface area contributed by atoms with Crippen LogP contribution >= 0.6 is 0 Å². The minimum Gasteiger partial charge on any atom is -0.495 e. The first kappa shape index (κ1) is 14.3. The van der Waals surface area contributed by atoms with E-state index in [9.17, 15) is 4.79 Å². The van der Waals surface area contributed by atoms with E-state index in [1.165, 1.54) is 18.1 Å². The van der Waals surface area contributed by atoms with E-state index in [1.54, 1.807) is 18.2 Å². The lowest BCUT2D eigenvalue weighted by Gasteiger charge is -2.07. The molecule has 2 aromatic rings. The van der Waals surface area contributed by atoms with E-state index in [2.05, 4.69) is 10.1 Å². The first-order valence-electron chi connectivity index (χ1n) is 6.00. The number of esters is 1. The molecular formula is C13H13N5O3. The van der Waals surface area contributed by atoms with Crippen molar-refractivity contribution in [2.24, 2.45) is 0 Å². The lowest BCUT2D eigenvalue weighted by Crippen LogP contribution is -2.14. The molecule has 2 N–H and O–H groups in total. The Labute approximate surface area is 120 Å². The Morgan fingerprint density at radius 2 is 2.33 bits per heavy atom. The second-order valence-electron chi connectivity index (χ2n) is 4.11. The van der Waals surface area contributed by atoms with Crippen LogP contribution in [0.25, 0.3) is 0 Å². The Hall–Kier alpha value is -3.08. The summed E-state index contributed by atoms with van der Waals surface area (Å²) >= 11 is 0. The van der Waals surface area contributed by atoms with Crippen LogP contribution in [0.3, 0.4) is 0 Å². The molecule has 0 radical (unpaired) electrons. The average Bonchev–Trinajstić information content (AvgIpc) is 2.89. The summed E-state index contributed by atoms with van der Waals surface area (Å²) < 4.78 is 11.5. The number of nitrogens with zero attached hydrogens (tertiary/aromatic N) is 4. The highest BCUT2D eigenvalue weighted by atomic mass is 16.5. The van der Waals surface area contributed by atoms with E-state index in [0.29, 0.717) is 11.3 Å². The molecule has 0 fully saturated rings. The van der Waals surface area contributed by atoms with E-state index < -0.39 is 5.97 Å². The third-order valence-electron chi connectivity index (χ3n) is 2.63. The topological polar surface area (TPSA) is 116 Å². The number of carbonyl (C=O) groups excluding carboxylic acids is 1. The molecule has 0 saturated heterocycles. The summed E-state index contributed by atoms with van der Waals surface area (Å²) in [7, 11) is 1.47. The minimum atomic E-state index is -0.469. The van der Waals surface area contributed by atoms with Crippen molar-refractivity contribution in [1.29, 1.82) is 5.26 Å². The molecule has 0 saturated carbocycles. The van der Waals surface area contributed by atoms with Gasteiger partial charge in [0.25, 0.3) is 0 Å². The van der Waals surface area contributed by atoms with E-state index in [1.807, 2.05) is 6.07 Å². The summed E-state index contributed by atoms with van der Waals surface area (Å²) in [4.78, 5) is 15.3. The minimum absolute atomic E-state index is 0.0718. The summed E-state index contributed by atoms with van der Waals surface area (Å²) in [6.45, 7) is 0.00267. The molecule has 21 heavy (non-hydrogen) atoms. The van der Waals surface area contributed by atoms with Gasteiger partial charge in [0.15, 0.2) is 0 Å². The highest BCUT2D eigenvalue weighted by molar-refractivity contribution is 5.69. The monoisotopic (exact) mass is 287 g/mol. The van der Waals surface area contributed by atoms with Crippen molar-refractivity contribution < 1.29 is 14.3 Å². The molecular weight excluding hydrogens is 274 g/mol. The fourth-order valence-corrected chi connectivity index (χ4v) is 1.64. The van der Waals surface area contributed by atoms with Crippen LogP contribution < -0.4 is 10.5 Å². The summed E-state index contributed by atoms with van der Waals surface area (Å²) in [5.41, 5.74) is 6.48. The molecule has 2 rings (SSSR count). The molecule has 108 valence electrons. The normalized spacial score (nSPS) is 9.90. The van der Waals surface area contributed by atoms with Crippen LogP contribution in [0.1, 0.15) is 11.1 Å². The van der Waals surface area contributed by atoms with Crippen LogP contribution in [-0.4, -0.2) is 27.8 Å².